The van der Waals surface area contributed by atoms with E-state index >= 15 is 0 Å². The molecule has 0 aliphatic carbocycles. The molecule has 0 heterocycles. The number of carbonyl (C=O) groups is 2. The van der Waals surface area contributed by atoms with Gasteiger partial charge in [0.2, 0.25) is 0 Å². The van der Waals surface area contributed by atoms with Gasteiger partial charge < -0.3 is 15.5 Å². The van der Waals surface area contributed by atoms with Crippen molar-refractivity contribution < 1.29 is 9.59 Å². The number of hydrogen-bond acceptors (Lipinski definition) is 3. The summed E-state index contributed by atoms with van der Waals surface area (Å²) < 4.78 is 0. The lowest BCUT2D eigenvalue weighted by molar-refractivity contribution is -0.118. The van der Waals surface area contributed by atoms with E-state index < -0.39 is 0 Å². The Morgan fingerprint density at radius 1 is 0.694 bits per heavy atom. The molecule has 0 bridgehead atoms. The van der Waals surface area contributed by atoms with Crippen LogP contribution in [0.15, 0.2) is 121 Å². The van der Waals surface area contributed by atoms with Gasteiger partial charge in [-0.1, -0.05) is 91.0 Å². The lowest BCUT2D eigenvalue weighted by Crippen LogP contribution is -2.37. The minimum Gasteiger partial charge on any atom is -0.378 e. The van der Waals surface area contributed by atoms with Gasteiger partial charge in [-0.05, 0) is 47.0 Å². The number of rotatable bonds is 8. The van der Waals surface area contributed by atoms with E-state index in [1.54, 1.807) is 30.3 Å². The largest absolute Gasteiger partial charge is 0.378 e. The monoisotopic (exact) mass is 475 g/mol. The van der Waals surface area contributed by atoms with Gasteiger partial charge in [0.05, 0.1) is 6.04 Å². The van der Waals surface area contributed by atoms with Crippen LogP contribution in [0.2, 0.25) is 0 Å². The molecular weight excluding hydrogens is 446 g/mol. The highest BCUT2D eigenvalue weighted by Gasteiger charge is 2.21. The maximum Gasteiger partial charge on any atom is 0.268 e. The van der Waals surface area contributed by atoms with Crippen molar-refractivity contribution in [2.45, 2.75) is 6.04 Å². The average Bonchev–Trinajstić information content (AvgIpc) is 2.93. The van der Waals surface area contributed by atoms with Gasteiger partial charge in [0, 0.05) is 25.3 Å². The van der Waals surface area contributed by atoms with Crippen LogP contribution in [0.5, 0.6) is 0 Å². The van der Waals surface area contributed by atoms with Crippen LogP contribution in [0.1, 0.15) is 33.1 Å². The van der Waals surface area contributed by atoms with Crippen molar-refractivity contribution in [1.82, 2.24) is 10.6 Å². The van der Waals surface area contributed by atoms with Crippen LogP contribution in [0.3, 0.4) is 0 Å². The average molecular weight is 476 g/mol. The summed E-state index contributed by atoms with van der Waals surface area (Å²) in [5, 5.41) is 5.95. The maximum absolute atomic E-state index is 13.6. The van der Waals surface area contributed by atoms with E-state index in [2.05, 4.69) is 10.6 Å². The molecule has 0 radical (unpaired) electrons. The minimum absolute atomic E-state index is 0.165. The highest BCUT2D eigenvalue weighted by molar-refractivity contribution is 6.05. The number of anilines is 1. The summed E-state index contributed by atoms with van der Waals surface area (Å²) in [5.74, 6) is -0.730. The summed E-state index contributed by atoms with van der Waals surface area (Å²) in [6.45, 7) is 0. The topological polar surface area (TPSA) is 61.4 Å². The van der Waals surface area contributed by atoms with E-state index in [0.717, 1.165) is 22.4 Å². The van der Waals surface area contributed by atoms with Gasteiger partial charge in [0.15, 0.2) is 0 Å². The van der Waals surface area contributed by atoms with Crippen molar-refractivity contribution in [3.8, 4) is 0 Å². The molecule has 0 atom stereocenters. The Hall–Kier alpha value is -4.64. The first-order valence-corrected chi connectivity index (χ1v) is 11.8. The lowest BCUT2D eigenvalue weighted by atomic mass is 9.98. The summed E-state index contributed by atoms with van der Waals surface area (Å²) >= 11 is 0. The van der Waals surface area contributed by atoms with Crippen molar-refractivity contribution in [2.24, 2.45) is 0 Å². The molecule has 0 spiro atoms. The van der Waals surface area contributed by atoms with Gasteiger partial charge in [0.1, 0.15) is 5.70 Å². The van der Waals surface area contributed by atoms with Gasteiger partial charge in [-0.25, -0.2) is 0 Å². The molecule has 0 aromatic heterocycles. The van der Waals surface area contributed by atoms with Crippen molar-refractivity contribution in [3.63, 3.8) is 0 Å². The van der Waals surface area contributed by atoms with E-state index in [4.69, 9.17) is 0 Å². The molecule has 180 valence electrons. The van der Waals surface area contributed by atoms with Crippen LogP contribution >= 0.6 is 0 Å². The molecule has 0 fully saturated rings. The molecule has 4 aromatic rings. The van der Waals surface area contributed by atoms with Gasteiger partial charge in [0.25, 0.3) is 11.8 Å². The molecule has 5 nitrogen and oxygen atoms in total. The van der Waals surface area contributed by atoms with E-state index in [0.29, 0.717) is 5.56 Å². The SMILES string of the molecule is CN(C)c1ccc(C=C(NC(=O)c2ccccc2)C(=O)NC(c2ccccc2)c2ccccc2)cc1. The Kier molecular flexibility index (Phi) is 7.94. The van der Waals surface area contributed by atoms with Crippen molar-refractivity contribution in [1.29, 1.82) is 0 Å². The number of benzene rings is 4. The van der Waals surface area contributed by atoms with Gasteiger partial charge in [-0.3, -0.25) is 9.59 Å². The smallest absolute Gasteiger partial charge is 0.268 e. The summed E-state index contributed by atoms with van der Waals surface area (Å²) in [6.07, 6.45) is 1.70. The van der Waals surface area contributed by atoms with Gasteiger partial charge in [-0.2, -0.15) is 0 Å². The first-order valence-electron chi connectivity index (χ1n) is 11.8. The van der Waals surface area contributed by atoms with Gasteiger partial charge >= 0.3 is 0 Å². The highest BCUT2D eigenvalue weighted by Crippen LogP contribution is 2.22. The zero-order valence-corrected chi connectivity index (χ0v) is 20.4. The third-order valence-corrected chi connectivity index (χ3v) is 5.79. The van der Waals surface area contributed by atoms with E-state index in [1.807, 2.05) is 110 Å². The molecule has 0 saturated heterocycles. The first-order chi connectivity index (χ1) is 17.5. The van der Waals surface area contributed by atoms with Gasteiger partial charge in [-0.15, -0.1) is 0 Å². The van der Waals surface area contributed by atoms with Crippen LogP contribution in [-0.2, 0) is 4.79 Å². The zero-order chi connectivity index (χ0) is 25.3. The molecule has 0 aliphatic heterocycles. The molecule has 36 heavy (non-hydrogen) atoms. The highest BCUT2D eigenvalue weighted by atomic mass is 16.2. The molecular formula is C31H29N3O2. The van der Waals surface area contributed by atoms with Crippen LogP contribution in [-0.4, -0.2) is 25.9 Å². The quantitative estimate of drug-likeness (QED) is 0.334. The fourth-order valence-electron chi connectivity index (χ4n) is 3.84. The van der Waals surface area contributed by atoms with Crippen molar-refractivity contribution in [2.75, 3.05) is 19.0 Å². The van der Waals surface area contributed by atoms with E-state index in [-0.39, 0.29) is 23.6 Å². The molecule has 4 rings (SSSR count). The second-order valence-electron chi connectivity index (χ2n) is 8.59. The Morgan fingerprint density at radius 3 is 1.69 bits per heavy atom. The molecule has 0 unspecified atom stereocenters. The fourth-order valence-corrected chi connectivity index (χ4v) is 3.84. The van der Waals surface area contributed by atoms with Crippen molar-refractivity contribution in [3.05, 3.63) is 143 Å². The Labute approximate surface area is 212 Å². The number of carbonyl (C=O) groups excluding carboxylic acids is 2. The molecule has 2 amide bonds. The number of nitrogens with zero attached hydrogens (tertiary/aromatic N) is 1. The summed E-state index contributed by atoms with van der Waals surface area (Å²) in [6, 6.07) is 35.8. The number of hydrogen-bond donors (Lipinski definition) is 2. The van der Waals surface area contributed by atoms with E-state index in [1.165, 1.54) is 0 Å². The normalized spacial score (nSPS) is 11.1. The second kappa shape index (κ2) is 11.7. The van der Waals surface area contributed by atoms with Crippen LogP contribution < -0.4 is 15.5 Å². The molecule has 2 N–H and O–H groups in total. The molecule has 4 aromatic carbocycles. The molecule has 0 aliphatic rings. The van der Waals surface area contributed by atoms with E-state index in [9.17, 15) is 9.59 Å². The number of amides is 2. The Morgan fingerprint density at radius 2 is 1.19 bits per heavy atom. The second-order valence-corrected chi connectivity index (χ2v) is 8.59. The summed E-state index contributed by atoms with van der Waals surface area (Å²) in [7, 11) is 3.94. The Bertz CT molecular complexity index is 1280. The zero-order valence-electron chi connectivity index (χ0n) is 20.4. The fraction of sp³-hybridized carbons (Fsp3) is 0.0968. The molecule has 0 saturated carbocycles. The number of nitrogens with one attached hydrogen (secondary N) is 2. The van der Waals surface area contributed by atoms with Crippen LogP contribution in [0.4, 0.5) is 5.69 Å². The Balaban J connectivity index is 1.67. The van der Waals surface area contributed by atoms with Crippen LogP contribution in [0.25, 0.3) is 6.08 Å². The lowest BCUT2D eigenvalue weighted by Gasteiger charge is -2.21. The summed E-state index contributed by atoms with van der Waals surface area (Å²) in [4.78, 5) is 28.6. The maximum atomic E-state index is 13.6. The predicted octanol–water partition coefficient (Wildman–Crippen LogP) is 5.43. The van der Waals surface area contributed by atoms with Crippen molar-refractivity contribution >= 4 is 23.6 Å². The standard InChI is InChI=1S/C31H29N3O2/c1-34(2)27-20-18-23(19-21-27)22-28(32-30(35)26-16-10-5-11-17-26)31(36)33-29(24-12-6-3-7-13-24)25-14-8-4-9-15-25/h3-22,29H,1-2H3,(H,32,35)(H,33,36). The third-order valence-electron chi connectivity index (χ3n) is 5.79. The predicted molar refractivity (Wildman–Crippen MR) is 146 cm³/mol. The molecule has 5 heteroatoms. The first kappa shape index (κ1) is 24.5. The minimum atomic E-state index is -0.381. The third kappa shape index (κ3) is 6.27. The summed E-state index contributed by atoms with van der Waals surface area (Å²) in [5.41, 5.74) is 4.37. The van der Waals surface area contributed by atoms with Crippen LogP contribution in [0, 0.1) is 0 Å².